The largest absolute Gasteiger partial charge is 0.497 e. The molecule has 0 radical (unpaired) electrons. The zero-order valence-corrected chi connectivity index (χ0v) is 17.4. The summed E-state index contributed by atoms with van der Waals surface area (Å²) in [7, 11) is 1.57. The maximum Gasteiger partial charge on any atom is 0.286 e. The first-order valence-electron chi connectivity index (χ1n) is 9.20. The summed E-state index contributed by atoms with van der Waals surface area (Å²) in [6.45, 7) is 1.86. The lowest BCUT2D eigenvalue weighted by Gasteiger charge is -2.12. The Balaban J connectivity index is 1.40. The molecule has 3 aromatic rings. The van der Waals surface area contributed by atoms with E-state index in [0.717, 1.165) is 17.1 Å². The number of hydrogen-bond acceptors (Lipinski definition) is 8. The predicted molar refractivity (Wildman–Crippen MR) is 111 cm³/mol. The predicted octanol–water partition coefficient (Wildman–Crippen LogP) is 2.66. The van der Waals surface area contributed by atoms with E-state index in [2.05, 4.69) is 20.8 Å². The molecule has 0 aliphatic heterocycles. The molecule has 2 amide bonds. The highest BCUT2D eigenvalue weighted by atomic mass is 32.1. The van der Waals surface area contributed by atoms with Crippen molar-refractivity contribution in [2.45, 2.75) is 26.0 Å². The lowest BCUT2D eigenvalue weighted by Crippen LogP contribution is -2.36. The number of anilines is 1. The molecule has 3 rings (SSSR count). The van der Waals surface area contributed by atoms with Crippen molar-refractivity contribution in [2.24, 2.45) is 0 Å². The van der Waals surface area contributed by atoms with Crippen LogP contribution in [0.25, 0.3) is 0 Å². The number of hydrogen-bond donors (Lipinski definition) is 2. The molecule has 2 aromatic heterocycles. The van der Waals surface area contributed by atoms with Gasteiger partial charge in [0.1, 0.15) is 29.7 Å². The van der Waals surface area contributed by atoms with E-state index in [0.29, 0.717) is 22.9 Å². The van der Waals surface area contributed by atoms with Crippen LogP contribution in [0, 0.1) is 0 Å². The van der Waals surface area contributed by atoms with Crippen molar-refractivity contribution in [3.8, 4) is 5.75 Å². The summed E-state index contributed by atoms with van der Waals surface area (Å²) in [6.07, 6.45) is 2.20. The zero-order valence-electron chi connectivity index (χ0n) is 16.6. The van der Waals surface area contributed by atoms with Crippen molar-refractivity contribution in [3.05, 3.63) is 58.4 Å². The highest BCUT2D eigenvalue weighted by Crippen LogP contribution is 2.17. The van der Waals surface area contributed by atoms with E-state index in [1.165, 1.54) is 0 Å². The van der Waals surface area contributed by atoms with E-state index < -0.39 is 0 Å². The molecule has 0 aliphatic rings. The molecule has 2 N–H and O–H groups in total. The van der Waals surface area contributed by atoms with Crippen LogP contribution in [-0.4, -0.2) is 41.8 Å². The Hall–Kier alpha value is -3.24. The number of furan rings is 1. The Kier molecular flexibility index (Phi) is 7.52. The van der Waals surface area contributed by atoms with Gasteiger partial charge in [-0.25, -0.2) is 0 Å². The Morgan fingerprint density at radius 1 is 1.20 bits per heavy atom. The summed E-state index contributed by atoms with van der Waals surface area (Å²) in [5, 5.41) is 14.1. The van der Waals surface area contributed by atoms with Gasteiger partial charge in [0, 0.05) is 18.2 Å². The van der Waals surface area contributed by atoms with Crippen LogP contribution in [0.3, 0.4) is 0 Å². The maximum absolute atomic E-state index is 12.3. The van der Waals surface area contributed by atoms with Crippen LogP contribution in [0.2, 0.25) is 0 Å². The third-order valence-electron chi connectivity index (χ3n) is 3.96. The molecule has 0 saturated carbocycles. The van der Waals surface area contributed by atoms with E-state index in [1.54, 1.807) is 43.7 Å². The average molecular weight is 430 g/mol. The highest BCUT2D eigenvalue weighted by Gasteiger charge is 2.14. The van der Waals surface area contributed by atoms with Gasteiger partial charge in [-0.2, -0.15) is 0 Å². The fourth-order valence-electron chi connectivity index (χ4n) is 2.59. The fourth-order valence-corrected chi connectivity index (χ4v) is 3.26. The topological polar surface area (TPSA) is 116 Å². The first-order valence-corrected chi connectivity index (χ1v) is 10.0. The van der Waals surface area contributed by atoms with Gasteiger partial charge in [-0.05, 0) is 43.3 Å². The summed E-state index contributed by atoms with van der Waals surface area (Å²) in [5.41, 5.74) is 0.620. The van der Waals surface area contributed by atoms with Crippen LogP contribution >= 0.6 is 11.3 Å². The minimum atomic E-state index is -0.367. The Morgan fingerprint density at radius 3 is 2.70 bits per heavy atom. The SMILES string of the molecule is COc1ccc(NC(=O)c2nnc(COCC(=O)N[C@@H](C)Cc3ccco3)s2)cc1. The van der Waals surface area contributed by atoms with Gasteiger partial charge >= 0.3 is 0 Å². The van der Waals surface area contributed by atoms with Crippen LogP contribution in [0.5, 0.6) is 5.75 Å². The van der Waals surface area contributed by atoms with Gasteiger partial charge in [0.15, 0.2) is 0 Å². The molecule has 158 valence electrons. The van der Waals surface area contributed by atoms with Gasteiger partial charge in [-0.1, -0.05) is 11.3 Å². The van der Waals surface area contributed by atoms with Gasteiger partial charge in [0.05, 0.1) is 13.4 Å². The molecule has 1 aromatic carbocycles. The van der Waals surface area contributed by atoms with E-state index in [-0.39, 0.29) is 36.1 Å². The smallest absolute Gasteiger partial charge is 0.286 e. The quantitative estimate of drug-likeness (QED) is 0.508. The monoisotopic (exact) mass is 430 g/mol. The van der Waals surface area contributed by atoms with Crippen molar-refractivity contribution >= 4 is 28.8 Å². The second-order valence-electron chi connectivity index (χ2n) is 6.43. The Bertz CT molecular complexity index is 956. The first kappa shape index (κ1) is 21.5. The van der Waals surface area contributed by atoms with E-state index in [9.17, 15) is 9.59 Å². The summed E-state index contributed by atoms with van der Waals surface area (Å²) in [6, 6.07) is 10.5. The molecule has 0 saturated heterocycles. The van der Waals surface area contributed by atoms with Gasteiger partial charge in [0.25, 0.3) is 5.91 Å². The second kappa shape index (κ2) is 10.5. The number of ether oxygens (including phenoxy) is 2. The van der Waals surface area contributed by atoms with Crippen LogP contribution < -0.4 is 15.4 Å². The van der Waals surface area contributed by atoms with Crippen LogP contribution in [0.15, 0.2) is 47.1 Å². The van der Waals surface area contributed by atoms with Crippen molar-refractivity contribution in [3.63, 3.8) is 0 Å². The molecule has 0 bridgehead atoms. The third-order valence-corrected chi connectivity index (χ3v) is 4.86. The number of carbonyl (C=O) groups excluding carboxylic acids is 2. The highest BCUT2D eigenvalue weighted by molar-refractivity contribution is 7.13. The number of carbonyl (C=O) groups is 2. The Labute approximate surface area is 177 Å². The number of amides is 2. The number of aromatic nitrogens is 2. The normalized spacial score (nSPS) is 11.7. The molecule has 30 heavy (non-hydrogen) atoms. The average Bonchev–Trinajstić information content (AvgIpc) is 3.40. The molecule has 0 fully saturated rings. The molecule has 2 heterocycles. The molecule has 1 atom stereocenters. The van der Waals surface area contributed by atoms with Gasteiger partial charge in [0.2, 0.25) is 10.9 Å². The minimum absolute atomic E-state index is 0.0815. The summed E-state index contributed by atoms with van der Waals surface area (Å²) in [5.74, 6) is 0.894. The first-order chi connectivity index (χ1) is 14.5. The molecule has 9 nitrogen and oxygen atoms in total. The number of nitrogens with one attached hydrogen (secondary N) is 2. The number of methoxy groups -OCH3 is 1. The number of benzene rings is 1. The molecule has 0 aliphatic carbocycles. The van der Waals surface area contributed by atoms with Gasteiger partial charge in [-0.15, -0.1) is 10.2 Å². The fraction of sp³-hybridized carbons (Fsp3) is 0.300. The summed E-state index contributed by atoms with van der Waals surface area (Å²) < 4.78 is 15.7. The van der Waals surface area contributed by atoms with Crippen molar-refractivity contribution in [2.75, 3.05) is 19.0 Å². The molecular weight excluding hydrogens is 408 g/mol. The van der Waals surface area contributed by atoms with Gasteiger partial charge < -0.3 is 24.5 Å². The van der Waals surface area contributed by atoms with Crippen LogP contribution in [0.4, 0.5) is 5.69 Å². The zero-order chi connectivity index (χ0) is 21.3. The lowest BCUT2D eigenvalue weighted by atomic mass is 10.2. The van der Waals surface area contributed by atoms with Crippen LogP contribution in [-0.2, 0) is 22.6 Å². The van der Waals surface area contributed by atoms with E-state index in [4.69, 9.17) is 13.9 Å². The molecule has 10 heteroatoms. The number of nitrogens with zero attached hydrogens (tertiary/aromatic N) is 2. The van der Waals surface area contributed by atoms with Crippen molar-refractivity contribution in [1.29, 1.82) is 0 Å². The van der Waals surface area contributed by atoms with Crippen LogP contribution in [0.1, 0.15) is 27.5 Å². The second-order valence-corrected chi connectivity index (χ2v) is 7.49. The summed E-state index contributed by atoms with van der Waals surface area (Å²) in [4.78, 5) is 24.2. The maximum atomic E-state index is 12.3. The van der Waals surface area contributed by atoms with Crippen molar-refractivity contribution in [1.82, 2.24) is 15.5 Å². The third kappa shape index (κ3) is 6.39. The van der Waals surface area contributed by atoms with Gasteiger partial charge in [-0.3, -0.25) is 9.59 Å². The molecule has 0 unspecified atom stereocenters. The van der Waals surface area contributed by atoms with E-state index >= 15 is 0 Å². The number of rotatable bonds is 10. The lowest BCUT2D eigenvalue weighted by molar-refractivity contribution is -0.126. The molecule has 0 spiro atoms. The minimum Gasteiger partial charge on any atom is -0.497 e. The van der Waals surface area contributed by atoms with Crippen molar-refractivity contribution < 1.29 is 23.5 Å². The Morgan fingerprint density at radius 2 is 2.00 bits per heavy atom. The van der Waals surface area contributed by atoms with E-state index in [1.807, 2.05) is 13.0 Å². The standard InChI is InChI=1S/C20H22N4O5S/c1-13(10-16-4-3-9-29-16)21-17(25)11-28-12-18-23-24-20(30-18)19(26)22-14-5-7-15(27-2)8-6-14/h3-9,13H,10-12H2,1-2H3,(H,21,25)(H,22,26)/t13-/m0/s1. The summed E-state index contributed by atoms with van der Waals surface area (Å²) >= 11 is 1.11. The molecular formula is C20H22N4O5S.